The second kappa shape index (κ2) is 15.6. The van der Waals surface area contributed by atoms with E-state index in [0.29, 0.717) is 12.2 Å². The van der Waals surface area contributed by atoms with Crippen molar-refractivity contribution in [2.75, 3.05) is 11.9 Å². The molecule has 2 N–H and O–H groups in total. The van der Waals surface area contributed by atoms with Crippen LogP contribution in [-0.2, 0) is 0 Å². The molecule has 5 heteroatoms. The zero-order valence-corrected chi connectivity index (χ0v) is 18.1. The predicted octanol–water partition coefficient (Wildman–Crippen LogP) is 8.18. The summed E-state index contributed by atoms with van der Waals surface area (Å²) in [6.07, 6.45) is 10.8. The van der Waals surface area contributed by atoms with E-state index in [1.165, 1.54) is 89.2 Å². The highest BCUT2D eigenvalue weighted by Crippen LogP contribution is 2.35. The van der Waals surface area contributed by atoms with Gasteiger partial charge in [-0.05, 0) is 12.5 Å². The number of aliphatic hydroxyl groups is 1. The Hall–Kier alpha value is -1.23. The molecule has 1 aromatic carbocycles. The SMILES string of the molecule is CCCCCCCCCCCCCCCCNc1ccccc1C(O)C(F)(F)F. The molecule has 29 heavy (non-hydrogen) atoms. The van der Waals surface area contributed by atoms with Gasteiger partial charge in [0.15, 0.2) is 6.10 Å². The van der Waals surface area contributed by atoms with E-state index in [1.54, 1.807) is 12.1 Å². The smallest absolute Gasteiger partial charge is 0.385 e. The van der Waals surface area contributed by atoms with Crippen LogP contribution in [0.1, 0.15) is 108 Å². The fourth-order valence-electron chi connectivity index (χ4n) is 3.62. The molecule has 1 aromatic rings. The van der Waals surface area contributed by atoms with E-state index in [-0.39, 0.29) is 5.56 Å². The Morgan fingerprint density at radius 2 is 1.21 bits per heavy atom. The third-order valence-electron chi connectivity index (χ3n) is 5.41. The quantitative estimate of drug-likeness (QED) is 0.251. The van der Waals surface area contributed by atoms with Crippen LogP contribution in [0.5, 0.6) is 0 Å². The van der Waals surface area contributed by atoms with E-state index in [1.807, 2.05) is 0 Å². The minimum atomic E-state index is -4.65. The summed E-state index contributed by atoms with van der Waals surface area (Å²) in [5.41, 5.74) is 0.261. The van der Waals surface area contributed by atoms with Crippen molar-refractivity contribution in [2.24, 2.45) is 0 Å². The molecule has 0 bridgehead atoms. The maximum atomic E-state index is 12.8. The van der Waals surface area contributed by atoms with Crippen LogP contribution >= 0.6 is 0 Å². The molecule has 0 aliphatic heterocycles. The maximum absolute atomic E-state index is 12.8. The number of nitrogens with one attached hydrogen (secondary N) is 1. The molecule has 0 spiro atoms. The van der Waals surface area contributed by atoms with Crippen LogP contribution in [0.25, 0.3) is 0 Å². The lowest BCUT2D eigenvalue weighted by Gasteiger charge is -2.19. The maximum Gasteiger partial charge on any atom is 0.418 e. The number of benzene rings is 1. The number of hydrogen-bond donors (Lipinski definition) is 2. The molecule has 0 amide bonds. The monoisotopic (exact) mass is 415 g/mol. The van der Waals surface area contributed by atoms with Gasteiger partial charge in [0, 0.05) is 17.8 Å². The van der Waals surface area contributed by atoms with Gasteiger partial charge in [-0.15, -0.1) is 0 Å². The number of alkyl halides is 3. The Morgan fingerprint density at radius 3 is 1.69 bits per heavy atom. The minimum Gasteiger partial charge on any atom is -0.385 e. The van der Waals surface area contributed by atoms with Gasteiger partial charge in [-0.1, -0.05) is 109 Å². The van der Waals surface area contributed by atoms with Gasteiger partial charge < -0.3 is 10.4 Å². The van der Waals surface area contributed by atoms with Crippen molar-refractivity contribution in [3.63, 3.8) is 0 Å². The fourth-order valence-corrected chi connectivity index (χ4v) is 3.62. The summed E-state index contributed by atoms with van der Waals surface area (Å²) in [5, 5.41) is 12.5. The fraction of sp³-hybridized carbons (Fsp3) is 0.750. The number of halogens is 3. The van der Waals surface area contributed by atoms with Crippen molar-refractivity contribution in [1.82, 2.24) is 0 Å². The summed E-state index contributed by atoms with van der Waals surface area (Å²) in [7, 11) is 0. The largest absolute Gasteiger partial charge is 0.418 e. The van der Waals surface area contributed by atoms with Gasteiger partial charge in [-0.25, -0.2) is 0 Å². The summed E-state index contributed by atoms with van der Waals surface area (Å²) in [4.78, 5) is 0. The van der Waals surface area contributed by atoms with Crippen molar-refractivity contribution in [3.05, 3.63) is 29.8 Å². The van der Waals surface area contributed by atoms with Gasteiger partial charge in [0.25, 0.3) is 0 Å². The van der Waals surface area contributed by atoms with Crippen molar-refractivity contribution in [2.45, 2.75) is 109 Å². The number of anilines is 1. The number of para-hydroxylation sites is 1. The van der Waals surface area contributed by atoms with Crippen LogP contribution < -0.4 is 5.32 Å². The van der Waals surface area contributed by atoms with Gasteiger partial charge in [0.05, 0.1) is 0 Å². The highest BCUT2D eigenvalue weighted by molar-refractivity contribution is 5.52. The Kier molecular flexibility index (Phi) is 13.9. The topological polar surface area (TPSA) is 32.3 Å². The third kappa shape index (κ3) is 12.1. The summed E-state index contributed by atoms with van der Waals surface area (Å²) >= 11 is 0. The normalized spacial score (nSPS) is 12.9. The summed E-state index contributed by atoms with van der Waals surface area (Å²) in [6.45, 7) is 2.87. The molecule has 0 aliphatic carbocycles. The standard InChI is InChI=1S/C24H40F3NO/c1-2-3-4-5-6-7-8-9-10-11-12-13-14-17-20-28-22-19-16-15-18-21(22)23(29)24(25,26)27/h15-16,18-19,23,28-29H,2-14,17,20H2,1H3. The molecule has 2 nitrogen and oxygen atoms in total. The molecular formula is C24H40F3NO. The van der Waals surface area contributed by atoms with E-state index in [2.05, 4.69) is 12.2 Å². The molecule has 168 valence electrons. The van der Waals surface area contributed by atoms with Crippen molar-refractivity contribution in [1.29, 1.82) is 0 Å². The van der Waals surface area contributed by atoms with E-state index >= 15 is 0 Å². The molecular weight excluding hydrogens is 375 g/mol. The van der Waals surface area contributed by atoms with Gasteiger partial charge in [0.2, 0.25) is 0 Å². The van der Waals surface area contributed by atoms with Gasteiger partial charge in [0.1, 0.15) is 0 Å². The average molecular weight is 416 g/mol. The lowest BCUT2D eigenvalue weighted by Crippen LogP contribution is -2.21. The molecule has 0 saturated carbocycles. The van der Waals surface area contributed by atoms with Crippen LogP contribution in [0.15, 0.2) is 24.3 Å². The van der Waals surface area contributed by atoms with E-state index < -0.39 is 12.3 Å². The number of aliphatic hydroxyl groups excluding tert-OH is 1. The lowest BCUT2D eigenvalue weighted by atomic mass is 10.0. The van der Waals surface area contributed by atoms with Crippen molar-refractivity contribution >= 4 is 5.69 Å². The minimum absolute atomic E-state index is 0.106. The van der Waals surface area contributed by atoms with Crippen LogP contribution in [0.2, 0.25) is 0 Å². The number of rotatable bonds is 17. The van der Waals surface area contributed by atoms with Crippen LogP contribution in [0.3, 0.4) is 0 Å². The van der Waals surface area contributed by atoms with Crippen LogP contribution in [0.4, 0.5) is 18.9 Å². The third-order valence-corrected chi connectivity index (χ3v) is 5.41. The molecule has 0 aliphatic rings. The van der Waals surface area contributed by atoms with E-state index in [0.717, 1.165) is 12.8 Å². The van der Waals surface area contributed by atoms with Crippen molar-refractivity contribution in [3.8, 4) is 0 Å². The number of hydrogen-bond acceptors (Lipinski definition) is 2. The van der Waals surface area contributed by atoms with E-state index in [9.17, 15) is 18.3 Å². The molecule has 0 heterocycles. The van der Waals surface area contributed by atoms with Crippen molar-refractivity contribution < 1.29 is 18.3 Å². The second-order valence-corrected chi connectivity index (χ2v) is 8.05. The van der Waals surface area contributed by atoms with Gasteiger partial charge >= 0.3 is 6.18 Å². The first-order valence-corrected chi connectivity index (χ1v) is 11.5. The summed E-state index contributed by atoms with van der Waals surface area (Å²) in [5.74, 6) is 0. The first-order chi connectivity index (χ1) is 14.0. The molecule has 1 rings (SSSR count). The average Bonchev–Trinajstić information content (AvgIpc) is 2.70. The van der Waals surface area contributed by atoms with Gasteiger partial charge in [-0.2, -0.15) is 13.2 Å². The molecule has 1 unspecified atom stereocenters. The molecule has 0 aromatic heterocycles. The summed E-state index contributed by atoms with van der Waals surface area (Å²) in [6, 6.07) is 6.11. The first kappa shape index (κ1) is 25.8. The van der Waals surface area contributed by atoms with Crippen LogP contribution in [-0.4, -0.2) is 17.8 Å². The highest BCUT2D eigenvalue weighted by atomic mass is 19.4. The lowest BCUT2D eigenvalue weighted by molar-refractivity contribution is -0.206. The number of unbranched alkanes of at least 4 members (excludes halogenated alkanes) is 13. The first-order valence-electron chi connectivity index (χ1n) is 11.5. The van der Waals surface area contributed by atoms with Gasteiger partial charge in [-0.3, -0.25) is 0 Å². The molecule has 0 fully saturated rings. The Morgan fingerprint density at radius 1 is 0.759 bits per heavy atom. The summed E-state index contributed by atoms with van der Waals surface area (Å²) < 4.78 is 38.3. The molecule has 0 radical (unpaired) electrons. The second-order valence-electron chi connectivity index (χ2n) is 8.05. The zero-order chi connectivity index (χ0) is 21.4. The zero-order valence-electron chi connectivity index (χ0n) is 18.1. The Balaban J connectivity index is 2.02. The Labute approximate surface area is 175 Å². The molecule has 0 saturated heterocycles. The van der Waals surface area contributed by atoms with E-state index in [4.69, 9.17) is 0 Å². The Bertz CT molecular complexity index is 519. The molecule has 1 atom stereocenters. The highest BCUT2D eigenvalue weighted by Gasteiger charge is 2.40. The predicted molar refractivity (Wildman–Crippen MR) is 116 cm³/mol. The van der Waals surface area contributed by atoms with Crippen LogP contribution in [0, 0.1) is 0 Å².